The lowest BCUT2D eigenvalue weighted by Gasteiger charge is -2.09. The first kappa shape index (κ1) is 18.7. The van der Waals surface area contributed by atoms with E-state index in [1.165, 1.54) is 17.8 Å². The molecule has 3 rings (SSSR count). The molecule has 0 aliphatic carbocycles. The van der Waals surface area contributed by atoms with E-state index in [9.17, 15) is 10.1 Å². The molecule has 1 heterocycles. The molecular formula is C19H17N3O4S. The van der Waals surface area contributed by atoms with Gasteiger partial charge in [0, 0.05) is 29.5 Å². The Bertz CT molecular complexity index is 948. The van der Waals surface area contributed by atoms with Crippen LogP contribution in [0.5, 0.6) is 11.5 Å². The molecule has 1 aromatic heterocycles. The summed E-state index contributed by atoms with van der Waals surface area (Å²) in [6.07, 6.45) is 0. The van der Waals surface area contributed by atoms with Crippen LogP contribution in [0, 0.1) is 10.1 Å². The number of non-ortho nitro benzene ring substituents is 1. The quantitative estimate of drug-likeness (QED) is 0.340. The maximum atomic E-state index is 10.9. The summed E-state index contributed by atoms with van der Waals surface area (Å²) in [4.78, 5) is 10.5. The lowest BCUT2D eigenvalue weighted by Crippen LogP contribution is -1.94. The summed E-state index contributed by atoms with van der Waals surface area (Å²) in [5.74, 6) is 1.93. The number of hydrogen-bond acceptors (Lipinski definition) is 7. The first-order valence-corrected chi connectivity index (χ1v) is 9.01. The molecule has 0 fully saturated rings. The van der Waals surface area contributed by atoms with Gasteiger partial charge in [0.05, 0.1) is 24.8 Å². The molecule has 8 heteroatoms. The number of rotatable bonds is 7. The predicted octanol–water partition coefficient (Wildman–Crippen LogP) is 4.36. The summed E-state index contributed by atoms with van der Waals surface area (Å²) < 4.78 is 10.6. The van der Waals surface area contributed by atoms with Crippen molar-refractivity contribution in [1.82, 2.24) is 10.2 Å². The molecule has 3 aromatic rings. The zero-order valence-electron chi connectivity index (χ0n) is 14.8. The molecule has 0 bridgehead atoms. The minimum absolute atomic E-state index is 0.0844. The molecule has 0 spiro atoms. The zero-order chi connectivity index (χ0) is 19.2. The molecule has 0 amide bonds. The molecule has 0 aliphatic heterocycles. The third kappa shape index (κ3) is 4.53. The van der Waals surface area contributed by atoms with Gasteiger partial charge in [-0.05, 0) is 29.8 Å². The van der Waals surface area contributed by atoms with Crippen molar-refractivity contribution in [2.75, 3.05) is 14.2 Å². The molecule has 0 aliphatic rings. The lowest BCUT2D eigenvalue weighted by molar-refractivity contribution is -0.384. The number of thioether (sulfide) groups is 1. The molecule has 27 heavy (non-hydrogen) atoms. The summed E-state index contributed by atoms with van der Waals surface area (Å²) in [6, 6.07) is 15.8. The number of nitrogens with zero attached hydrogens (tertiary/aromatic N) is 3. The van der Waals surface area contributed by atoms with Crippen molar-refractivity contribution in [1.29, 1.82) is 0 Å². The topological polar surface area (TPSA) is 87.4 Å². The zero-order valence-corrected chi connectivity index (χ0v) is 15.6. The first-order valence-electron chi connectivity index (χ1n) is 8.03. The number of aromatic nitrogens is 2. The van der Waals surface area contributed by atoms with Crippen LogP contribution in [0.2, 0.25) is 0 Å². The number of methoxy groups -OCH3 is 2. The molecule has 0 atom stereocenters. The van der Waals surface area contributed by atoms with E-state index < -0.39 is 4.92 Å². The number of hydrogen-bond donors (Lipinski definition) is 0. The normalized spacial score (nSPS) is 10.4. The second kappa shape index (κ2) is 8.50. The highest BCUT2D eigenvalue weighted by Gasteiger charge is 2.10. The standard InChI is InChI=1S/C19H17N3O4S/c1-25-15-6-7-16(18(11-15)26-2)17-8-9-19(21-20-17)27-12-13-4-3-5-14(10-13)22(23)24/h3-11H,12H2,1-2H3. The van der Waals surface area contributed by atoms with Crippen molar-refractivity contribution >= 4 is 17.4 Å². The van der Waals surface area contributed by atoms with Crippen LogP contribution in [0.25, 0.3) is 11.3 Å². The lowest BCUT2D eigenvalue weighted by atomic mass is 10.1. The SMILES string of the molecule is COc1ccc(-c2ccc(SCc3cccc([N+](=O)[O-])c3)nn2)c(OC)c1. The molecule has 138 valence electrons. The van der Waals surface area contributed by atoms with E-state index >= 15 is 0 Å². The van der Waals surface area contributed by atoms with Gasteiger partial charge < -0.3 is 9.47 Å². The van der Waals surface area contributed by atoms with Crippen LogP contribution in [0.1, 0.15) is 5.56 Å². The Labute approximate surface area is 160 Å². The Kier molecular flexibility index (Phi) is 5.87. The van der Waals surface area contributed by atoms with Crippen molar-refractivity contribution in [3.05, 3.63) is 70.3 Å². The average molecular weight is 383 g/mol. The summed E-state index contributed by atoms with van der Waals surface area (Å²) in [7, 11) is 3.19. The fourth-order valence-electron chi connectivity index (χ4n) is 2.47. The fourth-order valence-corrected chi connectivity index (χ4v) is 3.22. The number of benzene rings is 2. The highest BCUT2D eigenvalue weighted by molar-refractivity contribution is 7.98. The summed E-state index contributed by atoms with van der Waals surface area (Å²) in [5.41, 5.74) is 2.45. The molecule has 0 saturated heterocycles. The van der Waals surface area contributed by atoms with Gasteiger partial charge >= 0.3 is 0 Å². The van der Waals surface area contributed by atoms with E-state index in [1.807, 2.05) is 30.3 Å². The fraction of sp³-hybridized carbons (Fsp3) is 0.158. The third-order valence-corrected chi connectivity index (χ3v) is 4.82. The highest BCUT2D eigenvalue weighted by Crippen LogP contribution is 2.32. The van der Waals surface area contributed by atoms with Gasteiger partial charge in [-0.15, -0.1) is 10.2 Å². The smallest absolute Gasteiger partial charge is 0.269 e. The van der Waals surface area contributed by atoms with E-state index in [0.717, 1.165) is 16.2 Å². The second-order valence-electron chi connectivity index (χ2n) is 5.54. The Hall–Kier alpha value is -3.13. The van der Waals surface area contributed by atoms with E-state index in [4.69, 9.17) is 9.47 Å². The first-order chi connectivity index (χ1) is 13.1. The van der Waals surface area contributed by atoms with Gasteiger partial charge in [0.25, 0.3) is 5.69 Å². The Morgan fingerprint density at radius 1 is 1.04 bits per heavy atom. The van der Waals surface area contributed by atoms with Crippen LogP contribution in [0.4, 0.5) is 5.69 Å². The maximum absolute atomic E-state index is 10.9. The molecule has 0 radical (unpaired) electrons. The van der Waals surface area contributed by atoms with E-state index in [1.54, 1.807) is 32.4 Å². The Morgan fingerprint density at radius 3 is 2.56 bits per heavy atom. The molecule has 2 aromatic carbocycles. The number of ether oxygens (including phenoxy) is 2. The van der Waals surface area contributed by atoms with Gasteiger partial charge in [-0.25, -0.2) is 0 Å². The second-order valence-corrected chi connectivity index (χ2v) is 6.53. The van der Waals surface area contributed by atoms with E-state index in [-0.39, 0.29) is 5.69 Å². The van der Waals surface area contributed by atoms with Crippen LogP contribution < -0.4 is 9.47 Å². The van der Waals surface area contributed by atoms with Crippen molar-refractivity contribution in [2.45, 2.75) is 10.8 Å². The van der Waals surface area contributed by atoms with Crippen LogP contribution in [0.15, 0.2) is 59.6 Å². The van der Waals surface area contributed by atoms with E-state index in [2.05, 4.69) is 10.2 Å². The van der Waals surface area contributed by atoms with Gasteiger partial charge in [-0.2, -0.15) is 0 Å². The van der Waals surface area contributed by atoms with Gasteiger partial charge in [-0.1, -0.05) is 23.9 Å². The van der Waals surface area contributed by atoms with Crippen molar-refractivity contribution in [3.63, 3.8) is 0 Å². The maximum Gasteiger partial charge on any atom is 0.269 e. The van der Waals surface area contributed by atoms with Crippen LogP contribution in [-0.4, -0.2) is 29.3 Å². The van der Waals surface area contributed by atoms with Crippen molar-refractivity contribution in [3.8, 4) is 22.8 Å². The van der Waals surface area contributed by atoms with Crippen LogP contribution in [0.3, 0.4) is 0 Å². The Balaban J connectivity index is 1.72. The number of nitro groups is 1. The summed E-state index contributed by atoms with van der Waals surface area (Å²) >= 11 is 1.47. The molecular weight excluding hydrogens is 366 g/mol. The highest BCUT2D eigenvalue weighted by atomic mass is 32.2. The number of nitro benzene ring substituents is 1. The van der Waals surface area contributed by atoms with E-state index in [0.29, 0.717) is 22.9 Å². The van der Waals surface area contributed by atoms with Crippen molar-refractivity contribution < 1.29 is 14.4 Å². The predicted molar refractivity (Wildman–Crippen MR) is 103 cm³/mol. The van der Waals surface area contributed by atoms with Crippen molar-refractivity contribution in [2.24, 2.45) is 0 Å². The van der Waals surface area contributed by atoms with Crippen LogP contribution >= 0.6 is 11.8 Å². The van der Waals surface area contributed by atoms with Crippen LogP contribution in [-0.2, 0) is 5.75 Å². The Morgan fingerprint density at radius 2 is 1.89 bits per heavy atom. The van der Waals surface area contributed by atoms with Gasteiger partial charge in [0.2, 0.25) is 0 Å². The molecule has 0 saturated carbocycles. The molecule has 0 unspecified atom stereocenters. The third-order valence-electron chi connectivity index (χ3n) is 3.83. The van der Waals surface area contributed by atoms with Gasteiger partial charge in [0.1, 0.15) is 16.5 Å². The average Bonchev–Trinajstić information content (AvgIpc) is 2.72. The minimum Gasteiger partial charge on any atom is -0.497 e. The monoisotopic (exact) mass is 383 g/mol. The molecule has 7 nitrogen and oxygen atoms in total. The molecule has 0 N–H and O–H groups in total. The summed E-state index contributed by atoms with van der Waals surface area (Å²) in [6.45, 7) is 0. The summed E-state index contributed by atoms with van der Waals surface area (Å²) in [5, 5.41) is 20.1. The van der Waals surface area contributed by atoms with Gasteiger partial charge in [-0.3, -0.25) is 10.1 Å². The van der Waals surface area contributed by atoms with Gasteiger partial charge in [0.15, 0.2) is 0 Å². The largest absolute Gasteiger partial charge is 0.497 e. The minimum atomic E-state index is -0.398.